The Labute approximate surface area is 136 Å². The second-order valence-electron chi connectivity index (χ2n) is 5.09. The van der Waals surface area contributed by atoms with Crippen LogP contribution in [-0.2, 0) is 6.18 Å². The summed E-state index contributed by atoms with van der Waals surface area (Å²) in [4.78, 5) is 8.43. The summed E-state index contributed by atoms with van der Waals surface area (Å²) in [5.74, 6) is 0.295. The molecule has 7 heteroatoms. The standard InChI is InChI=1S/C17H13F3N4/c18-17(19,20)12-3-7-14(8-4-12)23-16-22-10-9-15(24-16)11-1-5-13(21)6-2-11/h1-10H,21H2,(H,22,23,24). The van der Waals surface area contributed by atoms with E-state index in [4.69, 9.17) is 5.73 Å². The number of nitrogens with zero attached hydrogens (tertiary/aromatic N) is 2. The van der Waals surface area contributed by atoms with E-state index >= 15 is 0 Å². The molecule has 2 aromatic carbocycles. The zero-order valence-electron chi connectivity index (χ0n) is 12.4. The molecule has 0 aliphatic rings. The van der Waals surface area contributed by atoms with Crippen LogP contribution >= 0.6 is 0 Å². The molecule has 0 spiro atoms. The lowest BCUT2D eigenvalue weighted by Gasteiger charge is -2.09. The maximum absolute atomic E-state index is 12.6. The number of anilines is 3. The van der Waals surface area contributed by atoms with Gasteiger partial charge in [-0.1, -0.05) is 12.1 Å². The smallest absolute Gasteiger partial charge is 0.399 e. The van der Waals surface area contributed by atoms with Crippen molar-refractivity contribution in [3.05, 3.63) is 66.4 Å². The molecule has 122 valence electrons. The zero-order valence-corrected chi connectivity index (χ0v) is 12.4. The number of alkyl halides is 3. The van der Waals surface area contributed by atoms with Crippen molar-refractivity contribution in [2.24, 2.45) is 0 Å². The number of nitrogen functional groups attached to an aromatic ring is 1. The summed E-state index contributed by atoms with van der Waals surface area (Å²) >= 11 is 0. The maximum atomic E-state index is 12.6. The van der Waals surface area contributed by atoms with Gasteiger partial charge in [0, 0.05) is 23.1 Å². The van der Waals surface area contributed by atoms with Gasteiger partial charge in [0.05, 0.1) is 11.3 Å². The molecular weight excluding hydrogens is 317 g/mol. The monoisotopic (exact) mass is 330 g/mol. The summed E-state index contributed by atoms with van der Waals surface area (Å²) in [7, 11) is 0. The zero-order chi connectivity index (χ0) is 17.2. The van der Waals surface area contributed by atoms with Crippen LogP contribution in [0.15, 0.2) is 60.8 Å². The van der Waals surface area contributed by atoms with Crippen molar-refractivity contribution < 1.29 is 13.2 Å². The molecule has 3 rings (SSSR count). The highest BCUT2D eigenvalue weighted by molar-refractivity contribution is 5.64. The molecule has 0 aliphatic heterocycles. The van der Waals surface area contributed by atoms with Crippen LogP contribution in [0.1, 0.15) is 5.56 Å². The van der Waals surface area contributed by atoms with E-state index in [2.05, 4.69) is 15.3 Å². The predicted molar refractivity (Wildman–Crippen MR) is 86.6 cm³/mol. The van der Waals surface area contributed by atoms with Crippen LogP contribution in [0.4, 0.5) is 30.5 Å². The summed E-state index contributed by atoms with van der Waals surface area (Å²) < 4.78 is 37.7. The number of hydrogen-bond donors (Lipinski definition) is 2. The number of rotatable bonds is 3. The molecule has 3 N–H and O–H groups in total. The van der Waals surface area contributed by atoms with Crippen LogP contribution in [0.5, 0.6) is 0 Å². The van der Waals surface area contributed by atoms with Crippen LogP contribution in [0.2, 0.25) is 0 Å². The fraction of sp³-hybridized carbons (Fsp3) is 0.0588. The minimum atomic E-state index is -4.36. The van der Waals surface area contributed by atoms with Crippen LogP contribution in [0.25, 0.3) is 11.3 Å². The Morgan fingerprint density at radius 1 is 0.875 bits per heavy atom. The third-order valence-corrected chi connectivity index (χ3v) is 3.33. The summed E-state index contributed by atoms with van der Waals surface area (Å²) in [6, 6.07) is 13.6. The van der Waals surface area contributed by atoms with Gasteiger partial charge in [0.25, 0.3) is 0 Å². The van der Waals surface area contributed by atoms with E-state index in [1.165, 1.54) is 12.1 Å². The van der Waals surface area contributed by atoms with Gasteiger partial charge in [0.2, 0.25) is 5.95 Å². The van der Waals surface area contributed by atoms with Gasteiger partial charge < -0.3 is 11.1 Å². The van der Waals surface area contributed by atoms with Crippen molar-refractivity contribution in [3.8, 4) is 11.3 Å². The van der Waals surface area contributed by atoms with Gasteiger partial charge in [0.1, 0.15) is 0 Å². The molecule has 24 heavy (non-hydrogen) atoms. The molecule has 3 aromatic rings. The molecule has 0 amide bonds. The van der Waals surface area contributed by atoms with E-state index in [1.807, 2.05) is 12.1 Å². The summed E-state index contributed by atoms with van der Waals surface area (Å²) in [5.41, 5.74) is 7.61. The van der Waals surface area contributed by atoms with Gasteiger partial charge in [-0.3, -0.25) is 0 Å². The van der Waals surface area contributed by atoms with Crippen molar-refractivity contribution >= 4 is 17.3 Å². The van der Waals surface area contributed by atoms with Crippen LogP contribution in [0.3, 0.4) is 0 Å². The SMILES string of the molecule is Nc1ccc(-c2ccnc(Nc3ccc(C(F)(F)F)cc3)n2)cc1. The number of halogens is 3. The Bertz CT molecular complexity index is 828. The van der Waals surface area contributed by atoms with Crippen molar-refractivity contribution in [2.75, 3.05) is 11.1 Å². The van der Waals surface area contributed by atoms with Gasteiger partial charge in [-0.05, 0) is 42.5 Å². The Hall–Kier alpha value is -3.09. The molecule has 1 heterocycles. The third-order valence-electron chi connectivity index (χ3n) is 3.33. The summed E-state index contributed by atoms with van der Waals surface area (Å²) in [5, 5.41) is 2.89. The first-order chi connectivity index (χ1) is 11.4. The van der Waals surface area contributed by atoms with Crippen molar-refractivity contribution in [1.82, 2.24) is 9.97 Å². The first kappa shape index (κ1) is 15.8. The number of aromatic nitrogens is 2. The topological polar surface area (TPSA) is 63.8 Å². The van der Waals surface area contributed by atoms with E-state index in [9.17, 15) is 13.2 Å². The molecule has 0 aliphatic carbocycles. The minimum absolute atomic E-state index is 0.295. The van der Waals surface area contributed by atoms with Crippen LogP contribution in [0, 0.1) is 0 Å². The molecule has 0 unspecified atom stereocenters. The molecule has 0 saturated heterocycles. The Morgan fingerprint density at radius 2 is 1.54 bits per heavy atom. The quantitative estimate of drug-likeness (QED) is 0.695. The Balaban J connectivity index is 1.81. The van der Waals surface area contributed by atoms with E-state index < -0.39 is 11.7 Å². The van der Waals surface area contributed by atoms with Crippen LogP contribution in [-0.4, -0.2) is 9.97 Å². The molecular formula is C17H13F3N4. The minimum Gasteiger partial charge on any atom is -0.399 e. The van der Waals surface area contributed by atoms with Gasteiger partial charge in [0.15, 0.2) is 0 Å². The van der Waals surface area contributed by atoms with Gasteiger partial charge in [-0.25, -0.2) is 9.97 Å². The highest BCUT2D eigenvalue weighted by atomic mass is 19.4. The first-order valence-electron chi connectivity index (χ1n) is 7.05. The first-order valence-corrected chi connectivity index (χ1v) is 7.05. The molecule has 0 saturated carbocycles. The Morgan fingerprint density at radius 3 is 2.17 bits per heavy atom. The average molecular weight is 330 g/mol. The van der Waals surface area contributed by atoms with E-state index in [1.54, 1.807) is 24.4 Å². The second-order valence-corrected chi connectivity index (χ2v) is 5.09. The second kappa shape index (κ2) is 6.19. The molecule has 0 bridgehead atoms. The van der Waals surface area contributed by atoms with Gasteiger partial charge >= 0.3 is 6.18 Å². The Kier molecular flexibility index (Phi) is 4.07. The third kappa shape index (κ3) is 3.62. The number of benzene rings is 2. The fourth-order valence-corrected chi connectivity index (χ4v) is 2.11. The lowest BCUT2D eigenvalue weighted by molar-refractivity contribution is -0.137. The van der Waals surface area contributed by atoms with Crippen LogP contribution < -0.4 is 11.1 Å². The molecule has 0 radical (unpaired) electrons. The van der Waals surface area contributed by atoms with E-state index in [-0.39, 0.29) is 0 Å². The van der Waals surface area contributed by atoms with E-state index in [0.717, 1.165) is 17.7 Å². The molecule has 1 aromatic heterocycles. The molecule has 0 atom stereocenters. The van der Waals surface area contributed by atoms with E-state index in [0.29, 0.717) is 23.0 Å². The number of hydrogen-bond acceptors (Lipinski definition) is 4. The van der Waals surface area contributed by atoms with Gasteiger partial charge in [-0.2, -0.15) is 13.2 Å². The predicted octanol–water partition coefficient (Wildman–Crippen LogP) is 4.49. The van der Waals surface area contributed by atoms with Crippen molar-refractivity contribution in [2.45, 2.75) is 6.18 Å². The number of nitrogens with two attached hydrogens (primary N) is 1. The normalized spacial score (nSPS) is 11.3. The summed E-state index contributed by atoms with van der Waals surface area (Å²) in [6.45, 7) is 0. The highest BCUT2D eigenvalue weighted by Crippen LogP contribution is 2.30. The lowest BCUT2D eigenvalue weighted by Crippen LogP contribution is -2.04. The van der Waals surface area contributed by atoms with Crippen molar-refractivity contribution in [3.63, 3.8) is 0 Å². The highest BCUT2D eigenvalue weighted by Gasteiger charge is 2.29. The fourth-order valence-electron chi connectivity index (χ4n) is 2.11. The lowest BCUT2D eigenvalue weighted by atomic mass is 10.1. The van der Waals surface area contributed by atoms with Crippen molar-refractivity contribution in [1.29, 1.82) is 0 Å². The number of nitrogens with one attached hydrogen (secondary N) is 1. The molecule has 0 fully saturated rings. The largest absolute Gasteiger partial charge is 0.416 e. The maximum Gasteiger partial charge on any atom is 0.416 e. The summed E-state index contributed by atoms with van der Waals surface area (Å²) in [6.07, 6.45) is -2.78. The average Bonchev–Trinajstić information content (AvgIpc) is 2.55. The molecule has 4 nitrogen and oxygen atoms in total. The van der Waals surface area contributed by atoms with Gasteiger partial charge in [-0.15, -0.1) is 0 Å².